The van der Waals surface area contributed by atoms with Gasteiger partial charge in [-0.15, -0.1) is 0 Å². The lowest BCUT2D eigenvalue weighted by molar-refractivity contribution is -0.150. The summed E-state index contributed by atoms with van der Waals surface area (Å²) in [6.45, 7) is 2.61. The van der Waals surface area contributed by atoms with Crippen LogP contribution in [0.3, 0.4) is 0 Å². The molecule has 0 saturated carbocycles. The molecule has 2 heterocycles. The molecule has 1 amide bonds. The number of aliphatic carboxylic acids is 1. The minimum absolute atomic E-state index is 0.128. The number of piperidine rings is 1. The second kappa shape index (κ2) is 5.17. The van der Waals surface area contributed by atoms with E-state index >= 15 is 0 Å². The molecule has 1 aromatic heterocycles. The zero-order valence-electron chi connectivity index (χ0n) is 10.6. The fourth-order valence-electron chi connectivity index (χ4n) is 2.14. The Kier molecular flexibility index (Phi) is 3.75. The molecule has 1 saturated heterocycles. The van der Waals surface area contributed by atoms with Crippen LogP contribution in [-0.2, 0) is 4.79 Å². The lowest BCUT2D eigenvalue weighted by Crippen LogP contribution is -2.45. The van der Waals surface area contributed by atoms with Crippen molar-refractivity contribution in [1.82, 2.24) is 9.88 Å². The lowest BCUT2D eigenvalue weighted by Gasteiger charge is -2.36. The Labute approximate surface area is 116 Å². The first-order valence-electron chi connectivity index (χ1n) is 6.07. The maximum Gasteiger partial charge on any atom is 0.309 e. The number of hydrogen-bond acceptors (Lipinski definition) is 3. The van der Waals surface area contributed by atoms with E-state index in [9.17, 15) is 9.59 Å². The molecule has 1 aliphatic rings. The average molecular weight is 283 g/mol. The van der Waals surface area contributed by atoms with Crippen molar-refractivity contribution in [2.75, 3.05) is 13.1 Å². The zero-order chi connectivity index (χ0) is 14.0. The highest BCUT2D eigenvalue weighted by Crippen LogP contribution is 2.31. The number of hydrogen-bond donors (Lipinski definition) is 1. The van der Waals surface area contributed by atoms with Gasteiger partial charge in [-0.3, -0.25) is 9.59 Å². The Morgan fingerprint density at radius 1 is 1.42 bits per heavy atom. The van der Waals surface area contributed by atoms with Crippen LogP contribution in [0.5, 0.6) is 0 Å². The molecule has 0 atom stereocenters. The number of amides is 1. The Morgan fingerprint density at radius 2 is 2.05 bits per heavy atom. The summed E-state index contributed by atoms with van der Waals surface area (Å²) < 4.78 is 0. The van der Waals surface area contributed by atoms with Gasteiger partial charge in [0.1, 0.15) is 5.15 Å². The fourth-order valence-corrected chi connectivity index (χ4v) is 2.31. The SMILES string of the molecule is CC1(C(=O)O)CCN(C(=O)c2ccnc(Cl)c2)CC1. The molecule has 19 heavy (non-hydrogen) atoms. The van der Waals surface area contributed by atoms with Gasteiger partial charge in [-0.2, -0.15) is 0 Å². The van der Waals surface area contributed by atoms with E-state index in [2.05, 4.69) is 4.98 Å². The summed E-state index contributed by atoms with van der Waals surface area (Å²) in [5.74, 6) is -0.928. The van der Waals surface area contributed by atoms with Crippen LogP contribution in [0.15, 0.2) is 18.3 Å². The van der Waals surface area contributed by atoms with Crippen LogP contribution >= 0.6 is 11.6 Å². The van der Waals surface area contributed by atoms with Gasteiger partial charge in [-0.05, 0) is 31.9 Å². The van der Waals surface area contributed by atoms with Crippen molar-refractivity contribution in [1.29, 1.82) is 0 Å². The highest BCUT2D eigenvalue weighted by molar-refractivity contribution is 6.29. The molecule has 0 aromatic carbocycles. The number of likely N-dealkylation sites (tertiary alicyclic amines) is 1. The summed E-state index contributed by atoms with van der Waals surface area (Å²) in [5, 5.41) is 9.42. The number of halogens is 1. The number of nitrogens with zero attached hydrogens (tertiary/aromatic N) is 2. The highest BCUT2D eigenvalue weighted by Gasteiger charge is 2.38. The first-order valence-corrected chi connectivity index (χ1v) is 6.44. The molecular formula is C13H15ClN2O3. The van der Waals surface area contributed by atoms with Gasteiger partial charge in [0.05, 0.1) is 5.41 Å². The van der Waals surface area contributed by atoms with Crippen LogP contribution in [0.2, 0.25) is 5.15 Å². The third-order valence-corrected chi connectivity index (χ3v) is 3.85. The van der Waals surface area contributed by atoms with Crippen molar-refractivity contribution >= 4 is 23.5 Å². The molecular weight excluding hydrogens is 268 g/mol. The second-order valence-electron chi connectivity index (χ2n) is 5.03. The van der Waals surface area contributed by atoms with Crippen molar-refractivity contribution in [3.8, 4) is 0 Å². The van der Waals surface area contributed by atoms with Gasteiger partial charge in [0.15, 0.2) is 0 Å². The zero-order valence-corrected chi connectivity index (χ0v) is 11.4. The third kappa shape index (κ3) is 2.87. The molecule has 102 valence electrons. The molecule has 1 N–H and O–H groups in total. The van der Waals surface area contributed by atoms with E-state index in [1.807, 2.05) is 0 Å². The molecule has 1 fully saturated rings. The van der Waals surface area contributed by atoms with E-state index in [1.54, 1.807) is 17.9 Å². The van der Waals surface area contributed by atoms with Crippen LogP contribution in [0.25, 0.3) is 0 Å². The van der Waals surface area contributed by atoms with Gasteiger partial charge in [0, 0.05) is 24.8 Å². The summed E-state index contributed by atoms with van der Waals surface area (Å²) in [7, 11) is 0. The van der Waals surface area contributed by atoms with E-state index in [4.69, 9.17) is 16.7 Å². The van der Waals surface area contributed by atoms with Crippen molar-refractivity contribution in [2.24, 2.45) is 5.41 Å². The summed E-state index contributed by atoms with van der Waals surface area (Å²) in [5.41, 5.74) is -0.244. The molecule has 0 radical (unpaired) electrons. The van der Waals surface area contributed by atoms with Gasteiger partial charge in [0.25, 0.3) is 5.91 Å². The molecule has 1 aromatic rings. The number of pyridine rings is 1. The third-order valence-electron chi connectivity index (χ3n) is 3.64. The topological polar surface area (TPSA) is 70.5 Å². The summed E-state index contributed by atoms with van der Waals surface area (Å²) in [4.78, 5) is 28.9. The molecule has 0 aliphatic carbocycles. The van der Waals surface area contributed by atoms with Crippen LogP contribution in [0.4, 0.5) is 0 Å². The maximum atomic E-state index is 12.2. The Balaban J connectivity index is 2.06. The smallest absolute Gasteiger partial charge is 0.309 e. The van der Waals surface area contributed by atoms with Crippen molar-refractivity contribution in [3.63, 3.8) is 0 Å². The number of carbonyl (C=O) groups excluding carboxylic acids is 1. The normalized spacial score (nSPS) is 18.1. The summed E-state index contributed by atoms with van der Waals surface area (Å²) in [6.07, 6.45) is 2.42. The predicted octanol–water partition coefficient (Wildman–Crippen LogP) is 2.06. The first kappa shape index (κ1) is 13.8. The van der Waals surface area contributed by atoms with Gasteiger partial charge >= 0.3 is 5.97 Å². The fraction of sp³-hybridized carbons (Fsp3) is 0.462. The Morgan fingerprint density at radius 3 is 2.58 bits per heavy atom. The number of carbonyl (C=O) groups is 2. The van der Waals surface area contributed by atoms with Crippen molar-refractivity contribution < 1.29 is 14.7 Å². The predicted molar refractivity (Wildman–Crippen MR) is 70.1 cm³/mol. The van der Waals surface area contributed by atoms with Crippen molar-refractivity contribution in [3.05, 3.63) is 29.0 Å². The Hall–Kier alpha value is -1.62. The first-order chi connectivity index (χ1) is 8.92. The minimum atomic E-state index is -0.799. The lowest BCUT2D eigenvalue weighted by atomic mass is 9.80. The van der Waals surface area contributed by atoms with E-state index < -0.39 is 11.4 Å². The largest absolute Gasteiger partial charge is 0.481 e. The standard InChI is InChI=1S/C13H15ClN2O3/c1-13(12(18)19)3-6-16(7-4-13)11(17)9-2-5-15-10(14)8-9/h2,5,8H,3-4,6-7H2,1H3,(H,18,19). The molecule has 0 spiro atoms. The van der Waals surface area contributed by atoms with Gasteiger partial charge < -0.3 is 10.0 Å². The van der Waals surface area contributed by atoms with Crippen LogP contribution in [0, 0.1) is 5.41 Å². The number of rotatable bonds is 2. The molecule has 6 heteroatoms. The van der Waals surface area contributed by atoms with Gasteiger partial charge in [0.2, 0.25) is 0 Å². The molecule has 5 nitrogen and oxygen atoms in total. The van der Waals surface area contributed by atoms with E-state index in [-0.39, 0.29) is 11.1 Å². The number of aromatic nitrogens is 1. The van der Waals surface area contributed by atoms with Crippen LogP contribution in [-0.4, -0.2) is 40.0 Å². The molecule has 1 aliphatic heterocycles. The van der Waals surface area contributed by atoms with E-state index in [0.29, 0.717) is 31.5 Å². The molecule has 0 unspecified atom stereocenters. The Bertz CT molecular complexity index is 510. The molecule has 0 bridgehead atoms. The number of carboxylic acid groups (broad SMARTS) is 1. The van der Waals surface area contributed by atoms with Crippen LogP contribution < -0.4 is 0 Å². The van der Waals surface area contributed by atoms with Crippen molar-refractivity contribution in [2.45, 2.75) is 19.8 Å². The summed E-state index contributed by atoms with van der Waals surface area (Å²) >= 11 is 5.76. The highest BCUT2D eigenvalue weighted by atomic mass is 35.5. The van der Waals surface area contributed by atoms with Gasteiger partial charge in [-0.25, -0.2) is 4.98 Å². The van der Waals surface area contributed by atoms with E-state index in [1.165, 1.54) is 12.3 Å². The van der Waals surface area contributed by atoms with Crippen LogP contribution in [0.1, 0.15) is 30.1 Å². The van der Waals surface area contributed by atoms with Gasteiger partial charge in [-0.1, -0.05) is 11.6 Å². The second-order valence-corrected chi connectivity index (χ2v) is 5.41. The molecule has 2 rings (SSSR count). The monoisotopic (exact) mass is 282 g/mol. The van der Waals surface area contributed by atoms with E-state index in [0.717, 1.165) is 0 Å². The minimum Gasteiger partial charge on any atom is -0.481 e. The quantitative estimate of drug-likeness (QED) is 0.843. The maximum absolute atomic E-state index is 12.2. The average Bonchev–Trinajstić information content (AvgIpc) is 2.38. The number of carboxylic acids is 1. The summed E-state index contributed by atoms with van der Waals surface area (Å²) in [6, 6.07) is 3.13.